The summed E-state index contributed by atoms with van der Waals surface area (Å²) in [5.74, 6) is -0.941. The molecule has 0 bridgehead atoms. The quantitative estimate of drug-likeness (QED) is 0.159. The van der Waals surface area contributed by atoms with E-state index >= 15 is 0 Å². The summed E-state index contributed by atoms with van der Waals surface area (Å²) < 4.78 is 6.77. The van der Waals surface area contributed by atoms with Gasteiger partial charge in [0.2, 0.25) is 0 Å². The second-order valence-corrected chi connectivity index (χ2v) is 10.0. The van der Waals surface area contributed by atoms with Crippen molar-refractivity contribution in [1.29, 1.82) is 0 Å². The molecular weight excluding hydrogens is 544 g/mol. The summed E-state index contributed by atoms with van der Waals surface area (Å²) in [7, 11) is 0. The zero-order valence-electron chi connectivity index (χ0n) is 20.7. The number of amides is 1. The maximum atomic E-state index is 13.3. The third-order valence-electron chi connectivity index (χ3n) is 6.47. The predicted molar refractivity (Wildman–Crippen MR) is 148 cm³/mol. The van der Waals surface area contributed by atoms with E-state index in [1.165, 1.54) is 4.90 Å². The van der Waals surface area contributed by atoms with Gasteiger partial charge in [0.25, 0.3) is 11.7 Å². The molecule has 7 heteroatoms. The average Bonchev–Trinajstić information content (AvgIpc) is 3.18. The summed E-state index contributed by atoms with van der Waals surface area (Å²) in [5, 5.41) is 11.4. The first kappa shape index (κ1) is 25.4. The highest BCUT2D eigenvalue weighted by Crippen LogP contribution is 2.41. The largest absolute Gasteiger partial charge is 0.507 e. The molecule has 1 unspecified atom stereocenters. The van der Waals surface area contributed by atoms with Gasteiger partial charge in [0, 0.05) is 29.0 Å². The van der Waals surface area contributed by atoms with Crippen LogP contribution in [0.1, 0.15) is 33.9 Å². The smallest absolute Gasteiger partial charge is 0.295 e. The number of ketones is 1. The molecule has 1 aliphatic rings. The Kier molecular flexibility index (Phi) is 7.38. The maximum absolute atomic E-state index is 13.3. The van der Waals surface area contributed by atoms with Crippen LogP contribution in [0.2, 0.25) is 0 Å². The number of aromatic nitrogens is 1. The number of Topliss-reactive ketones (excluding diaryl/α,β-unsaturated/α-hetero) is 1. The van der Waals surface area contributed by atoms with Crippen molar-refractivity contribution < 1.29 is 19.4 Å². The SMILES string of the molecule is Cc1cc(/C(O)=C2\C(=O)C(=O)N(Cc3cccnc3)C2c2cccc(Br)c2)ccc1OCc1ccccc1. The predicted octanol–water partition coefficient (Wildman–Crippen LogP) is 6.35. The topological polar surface area (TPSA) is 79.7 Å². The van der Waals surface area contributed by atoms with Gasteiger partial charge in [-0.15, -0.1) is 0 Å². The molecule has 5 rings (SSSR count). The van der Waals surface area contributed by atoms with Crippen molar-refractivity contribution in [2.24, 2.45) is 0 Å². The van der Waals surface area contributed by atoms with Crippen molar-refractivity contribution in [1.82, 2.24) is 9.88 Å². The fraction of sp³-hybridized carbons (Fsp3) is 0.129. The molecule has 1 aliphatic heterocycles. The Balaban J connectivity index is 1.52. The van der Waals surface area contributed by atoms with Gasteiger partial charge >= 0.3 is 0 Å². The molecule has 38 heavy (non-hydrogen) atoms. The summed E-state index contributed by atoms with van der Waals surface area (Å²) in [5.41, 5.74) is 3.83. The summed E-state index contributed by atoms with van der Waals surface area (Å²) in [4.78, 5) is 32.2. The van der Waals surface area contributed by atoms with E-state index in [4.69, 9.17) is 4.74 Å². The van der Waals surface area contributed by atoms with Gasteiger partial charge < -0.3 is 14.7 Å². The number of carbonyl (C=O) groups excluding carboxylic acids is 2. The third kappa shape index (κ3) is 5.24. The van der Waals surface area contributed by atoms with E-state index in [2.05, 4.69) is 20.9 Å². The molecule has 1 atom stereocenters. The van der Waals surface area contributed by atoms with Gasteiger partial charge in [-0.3, -0.25) is 14.6 Å². The zero-order valence-corrected chi connectivity index (χ0v) is 22.3. The Morgan fingerprint density at radius 2 is 1.76 bits per heavy atom. The van der Waals surface area contributed by atoms with Crippen LogP contribution in [-0.2, 0) is 22.7 Å². The van der Waals surface area contributed by atoms with Crippen LogP contribution in [0.3, 0.4) is 0 Å². The van der Waals surface area contributed by atoms with Gasteiger partial charge in [0.15, 0.2) is 0 Å². The number of pyridine rings is 1. The molecule has 2 heterocycles. The minimum absolute atomic E-state index is 0.0503. The Morgan fingerprint density at radius 3 is 2.47 bits per heavy atom. The maximum Gasteiger partial charge on any atom is 0.295 e. The standard InChI is InChI=1S/C31H25BrN2O4/c1-20-15-24(12-13-26(20)38-19-21-7-3-2-4-8-21)29(35)27-28(23-10-5-11-25(32)16-23)34(31(37)30(27)36)18-22-9-6-14-33-17-22/h2-17,28,35H,18-19H2,1H3/b29-27+. The molecule has 1 aromatic heterocycles. The Morgan fingerprint density at radius 1 is 0.974 bits per heavy atom. The van der Waals surface area contributed by atoms with Crippen molar-refractivity contribution in [2.75, 3.05) is 0 Å². The first-order valence-electron chi connectivity index (χ1n) is 12.1. The molecule has 0 radical (unpaired) electrons. The zero-order chi connectivity index (χ0) is 26.6. The van der Waals surface area contributed by atoms with Crippen LogP contribution >= 0.6 is 15.9 Å². The highest BCUT2D eigenvalue weighted by Gasteiger charge is 2.46. The number of benzene rings is 3. The molecule has 190 valence electrons. The highest BCUT2D eigenvalue weighted by atomic mass is 79.9. The molecule has 0 aliphatic carbocycles. The number of aliphatic hydroxyl groups excluding tert-OH is 1. The van der Waals surface area contributed by atoms with Crippen molar-refractivity contribution in [2.45, 2.75) is 26.1 Å². The molecule has 1 saturated heterocycles. The van der Waals surface area contributed by atoms with E-state index in [1.807, 2.05) is 67.6 Å². The summed E-state index contributed by atoms with van der Waals surface area (Å²) in [6, 6.07) is 25.4. The lowest BCUT2D eigenvalue weighted by Gasteiger charge is -2.25. The van der Waals surface area contributed by atoms with Gasteiger partial charge in [-0.1, -0.05) is 64.5 Å². The molecule has 1 N–H and O–H groups in total. The normalized spacial score (nSPS) is 16.6. The summed E-state index contributed by atoms with van der Waals surface area (Å²) in [6.45, 7) is 2.47. The Hall–Kier alpha value is -4.23. The van der Waals surface area contributed by atoms with Gasteiger partial charge in [-0.05, 0) is 65.6 Å². The highest BCUT2D eigenvalue weighted by molar-refractivity contribution is 9.10. The van der Waals surface area contributed by atoms with E-state index in [-0.39, 0.29) is 17.9 Å². The fourth-order valence-corrected chi connectivity index (χ4v) is 5.02. The average molecular weight is 569 g/mol. The number of halogens is 1. The lowest BCUT2D eigenvalue weighted by atomic mass is 9.94. The second kappa shape index (κ2) is 11.0. The number of carbonyl (C=O) groups is 2. The number of aliphatic hydroxyl groups is 1. The minimum atomic E-state index is -0.762. The summed E-state index contributed by atoms with van der Waals surface area (Å²) >= 11 is 3.49. The Labute approximate surface area is 229 Å². The molecule has 0 spiro atoms. The molecule has 1 amide bonds. The molecule has 3 aromatic carbocycles. The van der Waals surface area contributed by atoms with Gasteiger partial charge in [0.05, 0.1) is 11.6 Å². The molecular formula is C31H25BrN2O4. The molecule has 0 saturated carbocycles. The lowest BCUT2D eigenvalue weighted by molar-refractivity contribution is -0.140. The van der Waals surface area contributed by atoms with Crippen molar-refractivity contribution in [3.63, 3.8) is 0 Å². The van der Waals surface area contributed by atoms with Gasteiger partial charge in [-0.25, -0.2) is 0 Å². The van der Waals surface area contributed by atoms with Crippen molar-refractivity contribution in [3.8, 4) is 5.75 Å². The van der Waals surface area contributed by atoms with E-state index in [0.717, 1.165) is 21.2 Å². The van der Waals surface area contributed by atoms with E-state index in [9.17, 15) is 14.7 Å². The van der Waals surface area contributed by atoms with Crippen molar-refractivity contribution >= 4 is 33.4 Å². The number of ether oxygens (including phenoxy) is 1. The number of hydrogen-bond acceptors (Lipinski definition) is 5. The van der Waals surface area contributed by atoms with E-state index in [1.54, 1.807) is 36.7 Å². The van der Waals surface area contributed by atoms with E-state index < -0.39 is 17.7 Å². The monoisotopic (exact) mass is 568 g/mol. The van der Waals surface area contributed by atoms with Crippen LogP contribution in [0.5, 0.6) is 5.75 Å². The first-order valence-corrected chi connectivity index (χ1v) is 12.9. The number of nitrogens with zero attached hydrogens (tertiary/aromatic N) is 2. The van der Waals surface area contributed by atoms with Crippen molar-refractivity contribution in [3.05, 3.63) is 135 Å². The fourth-order valence-electron chi connectivity index (χ4n) is 4.60. The second-order valence-electron chi connectivity index (χ2n) is 9.10. The number of rotatable bonds is 7. The van der Waals surface area contributed by atoms with Gasteiger partial charge in [0.1, 0.15) is 18.1 Å². The van der Waals surface area contributed by atoms with Crippen LogP contribution in [0.25, 0.3) is 5.76 Å². The number of likely N-dealkylation sites (tertiary alicyclic amines) is 1. The van der Waals surface area contributed by atoms with Crippen LogP contribution in [-0.4, -0.2) is 26.7 Å². The first-order chi connectivity index (χ1) is 18.4. The number of hydrogen-bond donors (Lipinski definition) is 1. The molecule has 1 fully saturated rings. The minimum Gasteiger partial charge on any atom is -0.507 e. The molecule has 4 aromatic rings. The van der Waals surface area contributed by atoms with Crippen LogP contribution in [0, 0.1) is 6.92 Å². The number of aryl methyl sites for hydroxylation is 1. The lowest BCUT2D eigenvalue weighted by Crippen LogP contribution is -2.29. The Bertz CT molecular complexity index is 1520. The van der Waals surface area contributed by atoms with Crippen LogP contribution in [0.4, 0.5) is 0 Å². The van der Waals surface area contributed by atoms with Crippen LogP contribution < -0.4 is 4.74 Å². The van der Waals surface area contributed by atoms with Crippen LogP contribution in [0.15, 0.2) is 107 Å². The van der Waals surface area contributed by atoms with Gasteiger partial charge in [-0.2, -0.15) is 0 Å². The molecule has 6 nitrogen and oxygen atoms in total. The third-order valence-corrected chi connectivity index (χ3v) is 6.96. The van der Waals surface area contributed by atoms with E-state index in [0.29, 0.717) is 23.5 Å². The summed E-state index contributed by atoms with van der Waals surface area (Å²) in [6.07, 6.45) is 3.31.